The largest absolute Gasteiger partial charge is 0.488 e. The zero-order valence-electron chi connectivity index (χ0n) is 19.3. The Kier molecular flexibility index (Phi) is 7.61. The molecule has 0 radical (unpaired) electrons. The molecule has 0 bridgehead atoms. The fourth-order valence-electron chi connectivity index (χ4n) is 4.04. The molecule has 4 nitrogen and oxygen atoms in total. The summed E-state index contributed by atoms with van der Waals surface area (Å²) in [5, 5.41) is 9.83. The van der Waals surface area contributed by atoms with E-state index in [-0.39, 0.29) is 28.1 Å². The van der Waals surface area contributed by atoms with Gasteiger partial charge in [-0.3, -0.25) is 0 Å². The minimum Gasteiger partial charge on any atom is -0.488 e. The van der Waals surface area contributed by atoms with Crippen LogP contribution in [-0.4, -0.2) is 43.1 Å². The molecule has 39 heavy (non-hydrogen) atoms. The summed E-state index contributed by atoms with van der Waals surface area (Å²) in [4.78, 5) is 1.01. The van der Waals surface area contributed by atoms with Crippen molar-refractivity contribution >= 4 is 5.69 Å². The first-order chi connectivity index (χ1) is 18.2. The summed E-state index contributed by atoms with van der Waals surface area (Å²) in [5.41, 5.74) is -0.324. The predicted molar refractivity (Wildman–Crippen MR) is 117 cm³/mol. The average molecular weight is 569 g/mol. The van der Waals surface area contributed by atoms with Gasteiger partial charge in [-0.05, 0) is 41.5 Å². The molecule has 0 spiro atoms. The Morgan fingerprint density at radius 2 is 1.59 bits per heavy atom. The third-order valence-corrected chi connectivity index (χ3v) is 5.86. The number of fused-ring (bicyclic) bond motifs is 1. The van der Waals surface area contributed by atoms with Gasteiger partial charge in [0.1, 0.15) is 12.4 Å². The lowest BCUT2D eigenvalue weighted by atomic mass is 9.98. The van der Waals surface area contributed by atoms with Gasteiger partial charge in [-0.25, -0.2) is 13.2 Å². The number of anilines is 1. The molecular formula is C25H17F10NO3. The molecular weight excluding hydrogens is 552 g/mol. The van der Waals surface area contributed by atoms with Crippen molar-refractivity contribution in [3.63, 3.8) is 0 Å². The number of aliphatic hydroxyl groups is 1. The summed E-state index contributed by atoms with van der Waals surface area (Å²) in [5.74, 6) is -5.67. The Labute approximate surface area is 214 Å². The molecule has 1 N–H and O–H groups in total. The number of rotatable bonds is 7. The van der Waals surface area contributed by atoms with Crippen LogP contribution in [0.15, 0.2) is 54.6 Å². The molecule has 3 aromatic carbocycles. The molecule has 210 valence electrons. The van der Waals surface area contributed by atoms with Crippen molar-refractivity contribution in [3.05, 3.63) is 77.6 Å². The number of aliphatic hydroxyl groups excluding tert-OH is 1. The number of hydrogen-bond donors (Lipinski definition) is 1. The minimum absolute atomic E-state index is 0.00173. The SMILES string of the molecule is OC(CN1c2cccc(-c3cc(F)c(F)c(F)c3)c2OCC1c1cccc(OC(F)(F)C(F)F)c1)C(F)(F)F. The van der Waals surface area contributed by atoms with Crippen LogP contribution < -0.4 is 14.4 Å². The summed E-state index contributed by atoms with van der Waals surface area (Å²) in [6.45, 7) is -1.58. The van der Waals surface area contributed by atoms with Gasteiger partial charge in [-0.2, -0.15) is 30.7 Å². The van der Waals surface area contributed by atoms with Crippen LogP contribution in [0, 0.1) is 17.5 Å². The Morgan fingerprint density at radius 1 is 0.949 bits per heavy atom. The number of ether oxygens (including phenoxy) is 2. The highest BCUT2D eigenvalue weighted by atomic mass is 19.4. The highest BCUT2D eigenvalue weighted by Crippen LogP contribution is 2.46. The van der Waals surface area contributed by atoms with Crippen molar-refractivity contribution < 1.29 is 58.5 Å². The maximum Gasteiger partial charge on any atom is 0.461 e. The van der Waals surface area contributed by atoms with Crippen LogP contribution in [0.25, 0.3) is 11.1 Å². The lowest BCUT2D eigenvalue weighted by molar-refractivity contribution is -0.253. The van der Waals surface area contributed by atoms with E-state index in [1.807, 2.05) is 0 Å². The van der Waals surface area contributed by atoms with E-state index in [0.717, 1.165) is 23.1 Å². The second-order valence-electron chi connectivity index (χ2n) is 8.48. The van der Waals surface area contributed by atoms with Crippen molar-refractivity contribution in [2.24, 2.45) is 0 Å². The number of halogens is 10. The van der Waals surface area contributed by atoms with Crippen LogP contribution in [0.4, 0.5) is 49.6 Å². The molecule has 3 aromatic rings. The Balaban J connectivity index is 1.79. The third-order valence-electron chi connectivity index (χ3n) is 5.86. The number of para-hydroxylation sites is 1. The molecule has 0 aromatic heterocycles. The number of nitrogens with zero attached hydrogens (tertiary/aromatic N) is 1. The molecule has 1 aliphatic heterocycles. The topological polar surface area (TPSA) is 41.9 Å². The maximum atomic E-state index is 13.9. The van der Waals surface area contributed by atoms with Crippen LogP contribution >= 0.6 is 0 Å². The van der Waals surface area contributed by atoms with E-state index >= 15 is 0 Å². The van der Waals surface area contributed by atoms with E-state index in [4.69, 9.17) is 4.74 Å². The maximum absolute atomic E-state index is 13.9. The molecule has 0 saturated heterocycles. The number of hydrogen-bond acceptors (Lipinski definition) is 4. The molecule has 2 atom stereocenters. The zero-order chi connectivity index (χ0) is 28.7. The van der Waals surface area contributed by atoms with E-state index in [1.54, 1.807) is 0 Å². The van der Waals surface area contributed by atoms with Crippen LogP contribution in [0.1, 0.15) is 11.6 Å². The molecule has 0 fully saturated rings. The number of benzene rings is 3. The number of β-amino-alcohol motifs (C(OH)–C–C–N with tert-alkyl or cyclic N) is 1. The van der Waals surface area contributed by atoms with Gasteiger partial charge in [0.15, 0.2) is 29.3 Å². The predicted octanol–water partition coefficient (Wildman–Crippen LogP) is 6.87. The summed E-state index contributed by atoms with van der Waals surface area (Å²) in [7, 11) is 0. The monoisotopic (exact) mass is 569 g/mol. The van der Waals surface area contributed by atoms with Crippen molar-refractivity contribution in [1.82, 2.24) is 0 Å². The molecule has 14 heteroatoms. The first-order valence-corrected chi connectivity index (χ1v) is 11.1. The normalized spacial score (nSPS) is 16.6. The van der Waals surface area contributed by atoms with E-state index in [9.17, 15) is 49.0 Å². The molecule has 0 saturated carbocycles. The summed E-state index contributed by atoms with van der Waals surface area (Å²) in [6, 6.07) is 8.25. The summed E-state index contributed by atoms with van der Waals surface area (Å²) < 4.78 is 143. The van der Waals surface area contributed by atoms with E-state index < -0.39 is 67.2 Å². The zero-order valence-corrected chi connectivity index (χ0v) is 19.3. The second kappa shape index (κ2) is 10.5. The highest BCUT2D eigenvalue weighted by molar-refractivity contribution is 5.80. The van der Waals surface area contributed by atoms with Crippen LogP contribution in [0.2, 0.25) is 0 Å². The lowest BCUT2D eigenvalue weighted by Crippen LogP contribution is -2.46. The summed E-state index contributed by atoms with van der Waals surface area (Å²) >= 11 is 0. The second-order valence-corrected chi connectivity index (χ2v) is 8.48. The quantitative estimate of drug-likeness (QED) is 0.249. The van der Waals surface area contributed by atoms with Gasteiger partial charge in [-0.1, -0.05) is 24.3 Å². The van der Waals surface area contributed by atoms with Gasteiger partial charge in [-0.15, -0.1) is 0 Å². The highest BCUT2D eigenvalue weighted by Gasteiger charge is 2.45. The molecule has 1 aliphatic rings. The minimum atomic E-state index is -5.08. The van der Waals surface area contributed by atoms with Gasteiger partial charge in [0.25, 0.3) is 0 Å². The van der Waals surface area contributed by atoms with Crippen molar-refractivity contribution in [3.8, 4) is 22.6 Å². The molecule has 1 heterocycles. The lowest BCUT2D eigenvalue weighted by Gasteiger charge is -2.41. The fourth-order valence-corrected chi connectivity index (χ4v) is 4.04. The molecule has 0 amide bonds. The van der Waals surface area contributed by atoms with Crippen molar-refractivity contribution in [2.45, 2.75) is 30.9 Å². The standard InChI is InChI=1S/C25H17F10NO3/c26-16-8-13(9-17(27)21(16)28)15-5-2-6-18-22(15)38-11-19(36(18)10-20(37)24(31,32)33)12-3-1-4-14(7-12)39-25(34,35)23(29)30/h1-9,19-20,23,37H,10-11H2. The van der Waals surface area contributed by atoms with Gasteiger partial charge >= 0.3 is 18.7 Å². The van der Waals surface area contributed by atoms with Crippen LogP contribution in [-0.2, 0) is 0 Å². The Hall–Kier alpha value is -3.68. The summed E-state index contributed by atoms with van der Waals surface area (Å²) in [6.07, 6.45) is -17.0. The van der Waals surface area contributed by atoms with Crippen molar-refractivity contribution in [2.75, 3.05) is 18.1 Å². The fraction of sp³-hybridized carbons (Fsp3) is 0.280. The third kappa shape index (κ3) is 5.84. The van der Waals surface area contributed by atoms with Gasteiger partial charge in [0.05, 0.1) is 18.3 Å². The average Bonchev–Trinajstić information content (AvgIpc) is 2.86. The van der Waals surface area contributed by atoms with E-state index in [0.29, 0.717) is 12.1 Å². The van der Waals surface area contributed by atoms with Gasteiger partial charge in [0, 0.05) is 5.56 Å². The van der Waals surface area contributed by atoms with Gasteiger partial charge < -0.3 is 19.5 Å². The Morgan fingerprint density at radius 3 is 2.21 bits per heavy atom. The Bertz CT molecular complexity index is 1320. The number of alkyl halides is 7. The molecule has 2 unspecified atom stereocenters. The van der Waals surface area contributed by atoms with Crippen molar-refractivity contribution in [1.29, 1.82) is 0 Å². The first kappa shape index (κ1) is 28.3. The smallest absolute Gasteiger partial charge is 0.461 e. The van der Waals surface area contributed by atoms with Crippen LogP contribution in [0.3, 0.4) is 0 Å². The van der Waals surface area contributed by atoms with Gasteiger partial charge in [0.2, 0.25) is 0 Å². The first-order valence-electron chi connectivity index (χ1n) is 11.1. The van der Waals surface area contributed by atoms with Crippen LogP contribution in [0.5, 0.6) is 11.5 Å². The van der Waals surface area contributed by atoms with E-state index in [2.05, 4.69) is 4.74 Å². The molecule has 0 aliphatic carbocycles. The van der Waals surface area contributed by atoms with E-state index in [1.165, 1.54) is 24.3 Å². The molecule has 4 rings (SSSR count).